The summed E-state index contributed by atoms with van der Waals surface area (Å²) in [5.41, 5.74) is 0. The molecule has 0 aliphatic heterocycles. The molecule has 0 spiro atoms. The molecule has 0 amide bonds. The van der Waals surface area contributed by atoms with Crippen LogP contribution in [-0.4, -0.2) is 12.6 Å². The van der Waals surface area contributed by atoms with E-state index in [1.807, 2.05) is 0 Å². The summed E-state index contributed by atoms with van der Waals surface area (Å²) in [5.74, 6) is 3.06. The Morgan fingerprint density at radius 3 is 2.64 bits per heavy atom. The Balaban J connectivity index is 1.69. The number of nitrogens with one attached hydrogen (secondary N) is 1. The van der Waals surface area contributed by atoms with E-state index < -0.39 is 0 Å². The number of rotatable bonds is 3. The highest BCUT2D eigenvalue weighted by Gasteiger charge is 2.37. The predicted octanol–water partition coefficient (Wildman–Crippen LogP) is 3.20. The molecule has 3 unspecified atom stereocenters. The van der Waals surface area contributed by atoms with Crippen molar-refractivity contribution in [2.75, 3.05) is 6.54 Å². The first kappa shape index (κ1) is 10.5. The van der Waals surface area contributed by atoms with Gasteiger partial charge in [0, 0.05) is 6.04 Å². The monoisotopic (exact) mass is 195 g/mol. The van der Waals surface area contributed by atoms with Gasteiger partial charge in [-0.3, -0.25) is 0 Å². The molecule has 3 atom stereocenters. The summed E-state index contributed by atoms with van der Waals surface area (Å²) >= 11 is 0. The average Bonchev–Trinajstić information content (AvgIpc) is 2.81. The second-order valence-corrected chi connectivity index (χ2v) is 5.76. The third kappa shape index (κ3) is 2.98. The van der Waals surface area contributed by atoms with Crippen LogP contribution < -0.4 is 5.32 Å². The molecule has 0 aromatic carbocycles. The Labute approximate surface area is 88.7 Å². The minimum absolute atomic E-state index is 0.800. The van der Waals surface area contributed by atoms with Gasteiger partial charge in [-0.2, -0.15) is 0 Å². The largest absolute Gasteiger partial charge is 0.314 e. The van der Waals surface area contributed by atoms with Gasteiger partial charge in [0.25, 0.3) is 0 Å². The van der Waals surface area contributed by atoms with Gasteiger partial charge in [-0.25, -0.2) is 0 Å². The third-order valence-corrected chi connectivity index (χ3v) is 3.90. The fraction of sp³-hybridized carbons (Fsp3) is 1.00. The van der Waals surface area contributed by atoms with Crippen LogP contribution in [0.5, 0.6) is 0 Å². The Morgan fingerprint density at radius 2 is 1.86 bits per heavy atom. The van der Waals surface area contributed by atoms with Gasteiger partial charge in [0.2, 0.25) is 0 Å². The Morgan fingerprint density at radius 1 is 1.07 bits per heavy atom. The zero-order valence-corrected chi connectivity index (χ0v) is 9.76. The van der Waals surface area contributed by atoms with Crippen LogP contribution >= 0.6 is 0 Å². The highest BCUT2D eigenvalue weighted by Crippen LogP contribution is 2.47. The zero-order chi connectivity index (χ0) is 9.97. The van der Waals surface area contributed by atoms with Gasteiger partial charge >= 0.3 is 0 Å². The molecule has 14 heavy (non-hydrogen) atoms. The van der Waals surface area contributed by atoms with E-state index in [0.717, 1.165) is 23.8 Å². The molecular formula is C13H25N. The topological polar surface area (TPSA) is 12.0 Å². The van der Waals surface area contributed by atoms with Crippen LogP contribution in [0.3, 0.4) is 0 Å². The minimum Gasteiger partial charge on any atom is -0.314 e. The van der Waals surface area contributed by atoms with Gasteiger partial charge in [-0.15, -0.1) is 0 Å². The van der Waals surface area contributed by atoms with E-state index in [9.17, 15) is 0 Å². The van der Waals surface area contributed by atoms with Crippen LogP contribution in [-0.2, 0) is 0 Å². The maximum Gasteiger partial charge on any atom is 0.00672 e. The van der Waals surface area contributed by atoms with Crippen LogP contribution in [0.25, 0.3) is 0 Å². The van der Waals surface area contributed by atoms with Crippen LogP contribution in [0.1, 0.15) is 52.4 Å². The van der Waals surface area contributed by atoms with E-state index in [-0.39, 0.29) is 0 Å². The van der Waals surface area contributed by atoms with Gasteiger partial charge in [0.15, 0.2) is 0 Å². The van der Waals surface area contributed by atoms with Gasteiger partial charge in [0.05, 0.1) is 0 Å². The molecule has 1 nitrogen and oxygen atoms in total. The molecule has 0 saturated heterocycles. The molecule has 2 aliphatic rings. The maximum absolute atomic E-state index is 3.73. The standard InChI is InChI=1S/C13H25N/c1-10(2)9-14-13-5-3-4-11-8-12(11)6-7-13/h10-14H,3-9H2,1-2H3. The molecule has 0 heterocycles. The highest BCUT2D eigenvalue weighted by atomic mass is 14.9. The molecule has 2 rings (SSSR count). The van der Waals surface area contributed by atoms with Crippen LogP contribution in [0.2, 0.25) is 0 Å². The molecule has 82 valence electrons. The van der Waals surface area contributed by atoms with Crippen molar-refractivity contribution in [1.29, 1.82) is 0 Å². The zero-order valence-electron chi connectivity index (χ0n) is 9.76. The maximum atomic E-state index is 3.73. The fourth-order valence-corrected chi connectivity index (χ4v) is 2.81. The van der Waals surface area contributed by atoms with Crippen LogP contribution in [0.15, 0.2) is 0 Å². The SMILES string of the molecule is CC(C)CNC1CCCC2CC2CC1. The van der Waals surface area contributed by atoms with Crippen molar-refractivity contribution in [3.05, 3.63) is 0 Å². The van der Waals surface area contributed by atoms with E-state index >= 15 is 0 Å². The number of hydrogen-bond acceptors (Lipinski definition) is 1. The molecule has 0 bridgehead atoms. The molecule has 2 saturated carbocycles. The number of hydrogen-bond donors (Lipinski definition) is 1. The Hall–Kier alpha value is -0.0400. The second-order valence-electron chi connectivity index (χ2n) is 5.76. The van der Waals surface area contributed by atoms with E-state index in [1.165, 1.54) is 38.6 Å². The summed E-state index contributed by atoms with van der Waals surface area (Å²) in [6, 6.07) is 0.832. The third-order valence-electron chi connectivity index (χ3n) is 3.90. The van der Waals surface area contributed by atoms with E-state index in [2.05, 4.69) is 19.2 Å². The van der Waals surface area contributed by atoms with Crippen molar-refractivity contribution < 1.29 is 0 Å². The predicted molar refractivity (Wildman–Crippen MR) is 61.3 cm³/mol. The highest BCUT2D eigenvalue weighted by molar-refractivity contribution is 4.89. The first-order valence-corrected chi connectivity index (χ1v) is 6.49. The van der Waals surface area contributed by atoms with Gasteiger partial charge in [-0.05, 0) is 50.0 Å². The lowest BCUT2D eigenvalue weighted by Gasteiger charge is -2.21. The van der Waals surface area contributed by atoms with Gasteiger partial charge in [0.1, 0.15) is 0 Å². The first-order valence-electron chi connectivity index (χ1n) is 6.49. The second kappa shape index (κ2) is 4.65. The smallest absolute Gasteiger partial charge is 0.00672 e. The van der Waals surface area contributed by atoms with Crippen LogP contribution in [0, 0.1) is 17.8 Å². The minimum atomic E-state index is 0.800. The van der Waals surface area contributed by atoms with Gasteiger partial charge < -0.3 is 5.32 Å². The molecule has 1 N–H and O–H groups in total. The van der Waals surface area contributed by atoms with Crippen molar-refractivity contribution in [3.8, 4) is 0 Å². The fourth-order valence-electron chi connectivity index (χ4n) is 2.81. The van der Waals surface area contributed by atoms with E-state index in [1.54, 1.807) is 6.42 Å². The molecule has 0 aromatic rings. The summed E-state index contributed by atoms with van der Waals surface area (Å²) < 4.78 is 0. The summed E-state index contributed by atoms with van der Waals surface area (Å²) in [6.07, 6.45) is 8.91. The van der Waals surface area contributed by atoms with Crippen molar-refractivity contribution >= 4 is 0 Å². The van der Waals surface area contributed by atoms with E-state index in [4.69, 9.17) is 0 Å². The van der Waals surface area contributed by atoms with Gasteiger partial charge in [-0.1, -0.05) is 26.7 Å². The lowest BCUT2D eigenvalue weighted by molar-refractivity contribution is 0.366. The molecule has 2 fully saturated rings. The van der Waals surface area contributed by atoms with Crippen LogP contribution in [0.4, 0.5) is 0 Å². The average molecular weight is 195 g/mol. The van der Waals surface area contributed by atoms with Crippen molar-refractivity contribution in [2.24, 2.45) is 17.8 Å². The first-order chi connectivity index (χ1) is 6.75. The Kier molecular flexibility index (Phi) is 3.48. The lowest BCUT2D eigenvalue weighted by atomic mass is 9.96. The quantitative estimate of drug-likeness (QED) is 0.729. The summed E-state index contributed by atoms with van der Waals surface area (Å²) in [4.78, 5) is 0. The summed E-state index contributed by atoms with van der Waals surface area (Å²) in [6.45, 7) is 5.80. The van der Waals surface area contributed by atoms with E-state index in [0.29, 0.717) is 0 Å². The van der Waals surface area contributed by atoms with Crippen molar-refractivity contribution in [1.82, 2.24) is 5.32 Å². The summed E-state index contributed by atoms with van der Waals surface area (Å²) in [5, 5.41) is 3.73. The molecule has 2 aliphatic carbocycles. The molecule has 0 aromatic heterocycles. The molecular weight excluding hydrogens is 170 g/mol. The molecule has 0 radical (unpaired) electrons. The molecule has 1 heteroatoms. The Bertz CT molecular complexity index is 174. The normalized spacial score (nSPS) is 37.5. The van der Waals surface area contributed by atoms with Crippen molar-refractivity contribution in [3.63, 3.8) is 0 Å². The lowest BCUT2D eigenvalue weighted by Crippen LogP contribution is -2.32. The van der Waals surface area contributed by atoms with Crippen molar-refractivity contribution in [2.45, 2.75) is 58.4 Å². The number of fused-ring (bicyclic) bond motifs is 1. The summed E-state index contributed by atoms with van der Waals surface area (Å²) in [7, 11) is 0.